The highest BCUT2D eigenvalue weighted by Crippen LogP contribution is 2.26. The minimum absolute atomic E-state index is 0.00725. The van der Waals surface area contributed by atoms with Gasteiger partial charge < -0.3 is 9.73 Å². The van der Waals surface area contributed by atoms with Crippen LogP contribution in [0.25, 0.3) is 10.8 Å². The van der Waals surface area contributed by atoms with Crippen LogP contribution >= 0.6 is 11.3 Å². The van der Waals surface area contributed by atoms with E-state index in [0.717, 1.165) is 23.4 Å². The first-order valence-corrected chi connectivity index (χ1v) is 7.81. The van der Waals surface area contributed by atoms with Crippen LogP contribution < -0.4 is 5.32 Å². The second-order valence-corrected chi connectivity index (χ2v) is 5.70. The molecule has 20 heavy (non-hydrogen) atoms. The SMILES string of the molecule is CCC(CC)NC(=O)Cc1nc(-c2cccs2)oc1C. The molecular formula is C15H20N2O2S. The van der Waals surface area contributed by atoms with E-state index in [-0.39, 0.29) is 18.4 Å². The number of carbonyl (C=O) groups is 1. The summed E-state index contributed by atoms with van der Waals surface area (Å²) in [5, 5.41) is 5.00. The molecule has 5 heteroatoms. The van der Waals surface area contributed by atoms with E-state index in [1.807, 2.05) is 24.4 Å². The van der Waals surface area contributed by atoms with Crippen LogP contribution in [-0.2, 0) is 11.2 Å². The molecule has 0 radical (unpaired) electrons. The predicted octanol–water partition coefficient (Wildman–Crippen LogP) is 3.56. The number of hydrogen-bond acceptors (Lipinski definition) is 4. The number of thiophene rings is 1. The van der Waals surface area contributed by atoms with Crippen LogP contribution in [0.15, 0.2) is 21.9 Å². The molecule has 0 bridgehead atoms. The van der Waals surface area contributed by atoms with Gasteiger partial charge in [-0.3, -0.25) is 4.79 Å². The van der Waals surface area contributed by atoms with Crippen molar-refractivity contribution in [3.05, 3.63) is 29.0 Å². The lowest BCUT2D eigenvalue weighted by Crippen LogP contribution is -2.35. The molecule has 2 aromatic heterocycles. The maximum Gasteiger partial charge on any atom is 0.236 e. The van der Waals surface area contributed by atoms with E-state index in [1.165, 1.54) is 0 Å². The maximum absolute atomic E-state index is 12.0. The minimum atomic E-state index is 0.00725. The van der Waals surface area contributed by atoms with Gasteiger partial charge in [0.25, 0.3) is 0 Å². The lowest BCUT2D eigenvalue weighted by Gasteiger charge is -2.13. The number of nitrogens with zero attached hydrogens (tertiary/aromatic N) is 1. The van der Waals surface area contributed by atoms with Crippen molar-refractivity contribution in [3.63, 3.8) is 0 Å². The molecule has 0 fully saturated rings. The summed E-state index contributed by atoms with van der Waals surface area (Å²) < 4.78 is 5.64. The van der Waals surface area contributed by atoms with Crippen LogP contribution in [0.5, 0.6) is 0 Å². The van der Waals surface area contributed by atoms with Gasteiger partial charge in [0.15, 0.2) is 0 Å². The fourth-order valence-corrected chi connectivity index (χ4v) is 2.67. The maximum atomic E-state index is 12.0. The van der Waals surface area contributed by atoms with Crippen molar-refractivity contribution in [2.75, 3.05) is 0 Å². The van der Waals surface area contributed by atoms with E-state index in [2.05, 4.69) is 24.1 Å². The second-order valence-electron chi connectivity index (χ2n) is 4.76. The average Bonchev–Trinajstić information content (AvgIpc) is 3.06. The molecule has 0 atom stereocenters. The Labute approximate surface area is 123 Å². The summed E-state index contributed by atoms with van der Waals surface area (Å²) in [6.45, 7) is 6.00. The summed E-state index contributed by atoms with van der Waals surface area (Å²) in [6.07, 6.45) is 2.16. The molecule has 0 saturated heterocycles. The van der Waals surface area contributed by atoms with E-state index in [4.69, 9.17) is 4.42 Å². The van der Waals surface area contributed by atoms with Gasteiger partial charge in [-0.1, -0.05) is 19.9 Å². The third-order valence-electron chi connectivity index (χ3n) is 3.30. The van der Waals surface area contributed by atoms with E-state index in [0.29, 0.717) is 11.7 Å². The fraction of sp³-hybridized carbons (Fsp3) is 0.467. The Balaban J connectivity index is 2.05. The summed E-state index contributed by atoms with van der Waals surface area (Å²) in [7, 11) is 0. The van der Waals surface area contributed by atoms with Crippen LogP contribution in [0.3, 0.4) is 0 Å². The second kappa shape index (κ2) is 6.70. The Morgan fingerprint density at radius 1 is 1.45 bits per heavy atom. The first kappa shape index (κ1) is 14.8. The number of aryl methyl sites for hydroxylation is 1. The molecule has 0 saturated carbocycles. The summed E-state index contributed by atoms with van der Waals surface area (Å²) in [6, 6.07) is 4.16. The Morgan fingerprint density at radius 3 is 2.80 bits per heavy atom. The van der Waals surface area contributed by atoms with Gasteiger partial charge in [-0.05, 0) is 31.2 Å². The standard InChI is InChI=1S/C15H20N2O2S/c1-4-11(5-2)16-14(18)9-12-10(3)19-15(17-12)13-7-6-8-20-13/h6-8,11H,4-5,9H2,1-3H3,(H,16,18). The molecule has 1 N–H and O–H groups in total. The largest absolute Gasteiger partial charge is 0.440 e. The van der Waals surface area contributed by atoms with Crippen LogP contribution in [-0.4, -0.2) is 16.9 Å². The predicted molar refractivity (Wildman–Crippen MR) is 80.8 cm³/mol. The number of oxazole rings is 1. The lowest BCUT2D eigenvalue weighted by atomic mass is 10.1. The summed E-state index contributed by atoms with van der Waals surface area (Å²) in [4.78, 5) is 17.4. The van der Waals surface area contributed by atoms with Crippen LogP contribution in [0.4, 0.5) is 0 Å². The molecule has 2 heterocycles. The monoisotopic (exact) mass is 292 g/mol. The molecule has 1 amide bonds. The fourth-order valence-electron chi connectivity index (χ4n) is 2.02. The smallest absolute Gasteiger partial charge is 0.236 e. The number of nitrogens with one attached hydrogen (secondary N) is 1. The first-order valence-electron chi connectivity index (χ1n) is 6.93. The van der Waals surface area contributed by atoms with Crippen LogP contribution in [0, 0.1) is 6.92 Å². The molecule has 0 aliphatic carbocycles. The van der Waals surface area contributed by atoms with Gasteiger partial charge in [-0.15, -0.1) is 11.3 Å². The van der Waals surface area contributed by atoms with E-state index in [1.54, 1.807) is 11.3 Å². The Bertz CT molecular complexity index is 556. The number of aromatic nitrogens is 1. The zero-order valence-electron chi connectivity index (χ0n) is 12.1. The zero-order valence-corrected chi connectivity index (χ0v) is 12.9. The van der Waals surface area contributed by atoms with Gasteiger partial charge in [0.05, 0.1) is 17.0 Å². The van der Waals surface area contributed by atoms with Crippen molar-refractivity contribution in [1.82, 2.24) is 10.3 Å². The molecule has 0 aliphatic rings. The van der Waals surface area contributed by atoms with Crippen LogP contribution in [0.1, 0.15) is 38.1 Å². The number of carbonyl (C=O) groups excluding carboxylic acids is 1. The third-order valence-corrected chi connectivity index (χ3v) is 4.16. The van der Waals surface area contributed by atoms with Crippen molar-refractivity contribution in [3.8, 4) is 10.8 Å². The first-order chi connectivity index (χ1) is 9.63. The van der Waals surface area contributed by atoms with Gasteiger partial charge in [-0.25, -0.2) is 4.98 Å². The number of rotatable bonds is 6. The van der Waals surface area contributed by atoms with Crippen molar-refractivity contribution < 1.29 is 9.21 Å². The van der Waals surface area contributed by atoms with Gasteiger partial charge >= 0.3 is 0 Å². The molecule has 0 aliphatic heterocycles. The zero-order chi connectivity index (χ0) is 14.5. The topological polar surface area (TPSA) is 55.1 Å². The van der Waals surface area contributed by atoms with Crippen LogP contribution in [0.2, 0.25) is 0 Å². The van der Waals surface area contributed by atoms with E-state index < -0.39 is 0 Å². The molecule has 0 unspecified atom stereocenters. The highest BCUT2D eigenvalue weighted by Gasteiger charge is 2.16. The Morgan fingerprint density at radius 2 is 2.20 bits per heavy atom. The molecule has 0 aromatic carbocycles. The lowest BCUT2D eigenvalue weighted by molar-refractivity contribution is -0.121. The molecule has 108 valence electrons. The Hall–Kier alpha value is -1.62. The highest BCUT2D eigenvalue weighted by molar-refractivity contribution is 7.13. The molecule has 2 rings (SSSR count). The van der Waals surface area contributed by atoms with Gasteiger partial charge in [0, 0.05) is 6.04 Å². The summed E-state index contributed by atoms with van der Waals surface area (Å²) >= 11 is 1.58. The normalized spacial score (nSPS) is 11.0. The minimum Gasteiger partial charge on any atom is -0.440 e. The van der Waals surface area contributed by atoms with Crippen molar-refractivity contribution in [2.45, 2.75) is 46.1 Å². The number of amides is 1. The van der Waals surface area contributed by atoms with Crippen molar-refractivity contribution in [2.24, 2.45) is 0 Å². The molecule has 4 nitrogen and oxygen atoms in total. The van der Waals surface area contributed by atoms with Gasteiger partial charge in [0.2, 0.25) is 11.8 Å². The third kappa shape index (κ3) is 3.48. The van der Waals surface area contributed by atoms with Gasteiger partial charge in [0.1, 0.15) is 5.76 Å². The summed E-state index contributed by atoms with van der Waals surface area (Å²) in [5.74, 6) is 1.32. The molecular weight excluding hydrogens is 272 g/mol. The number of hydrogen-bond donors (Lipinski definition) is 1. The average molecular weight is 292 g/mol. The molecule has 0 spiro atoms. The molecule has 2 aromatic rings. The van der Waals surface area contributed by atoms with Gasteiger partial charge in [-0.2, -0.15) is 0 Å². The van der Waals surface area contributed by atoms with E-state index >= 15 is 0 Å². The quantitative estimate of drug-likeness (QED) is 0.885. The van der Waals surface area contributed by atoms with Crippen molar-refractivity contribution in [1.29, 1.82) is 0 Å². The van der Waals surface area contributed by atoms with Crippen molar-refractivity contribution >= 4 is 17.2 Å². The summed E-state index contributed by atoms with van der Waals surface area (Å²) in [5.41, 5.74) is 0.719. The van der Waals surface area contributed by atoms with E-state index in [9.17, 15) is 4.79 Å². The highest BCUT2D eigenvalue weighted by atomic mass is 32.1. The Kier molecular flexibility index (Phi) is 4.95.